The van der Waals surface area contributed by atoms with Crippen LogP contribution in [0.5, 0.6) is 11.5 Å². The van der Waals surface area contributed by atoms with Gasteiger partial charge >= 0.3 is 0 Å². The molecule has 3 rings (SSSR count). The van der Waals surface area contributed by atoms with Crippen LogP contribution < -0.4 is 4.74 Å². The quantitative estimate of drug-likeness (QED) is 0.577. The van der Waals surface area contributed by atoms with Crippen molar-refractivity contribution in [3.05, 3.63) is 57.2 Å². The van der Waals surface area contributed by atoms with Crippen LogP contribution in [0.2, 0.25) is 0 Å². The number of hydrogen-bond donors (Lipinski definition) is 1. The number of ether oxygens (including phenoxy) is 1. The molecule has 8 heteroatoms. The number of rotatable bonds is 4. The van der Waals surface area contributed by atoms with Gasteiger partial charge in [0.2, 0.25) is 0 Å². The number of thioether (sulfide) groups is 1. The van der Waals surface area contributed by atoms with Crippen LogP contribution in [0.1, 0.15) is 11.1 Å². The minimum Gasteiger partial charge on any atom is -0.503 e. The van der Waals surface area contributed by atoms with Crippen molar-refractivity contribution < 1.29 is 14.6 Å². The van der Waals surface area contributed by atoms with E-state index in [0.29, 0.717) is 26.0 Å². The number of pyridine rings is 1. The Morgan fingerprint density at radius 2 is 2.28 bits per heavy atom. The highest BCUT2D eigenvalue weighted by Gasteiger charge is 2.32. The highest BCUT2D eigenvalue weighted by Crippen LogP contribution is 2.38. The molecule has 1 N–H and O–H groups in total. The summed E-state index contributed by atoms with van der Waals surface area (Å²) in [5, 5.41) is 9.88. The molecule has 1 saturated heterocycles. The second kappa shape index (κ2) is 7.55. The number of thiocarbonyl (C=S) groups is 1. The van der Waals surface area contributed by atoms with E-state index in [-0.39, 0.29) is 11.7 Å². The van der Waals surface area contributed by atoms with Crippen LogP contribution in [-0.4, -0.2) is 32.3 Å². The van der Waals surface area contributed by atoms with Crippen LogP contribution in [0, 0.1) is 0 Å². The molecule has 0 radical (unpaired) electrons. The molecule has 1 aliphatic heterocycles. The van der Waals surface area contributed by atoms with Gasteiger partial charge < -0.3 is 9.84 Å². The Morgan fingerprint density at radius 1 is 1.48 bits per heavy atom. The molecule has 0 aliphatic carbocycles. The molecular weight excluding hydrogens is 424 g/mol. The van der Waals surface area contributed by atoms with Crippen molar-refractivity contribution in [3.8, 4) is 11.5 Å². The minimum absolute atomic E-state index is 0.0174. The lowest BCUT2D eigenvalue weighted by atomic mass is 10.2. The predicted octanol–water partition coefficient (Wildman–Crippen LogP) is 3.96. The first-order chi connectivity index (χ1) is 12.0. The largest absolute Gasteiger partial charge is 0.503 e. The molecule has 0 bridgehead atoms. The average molecular weight is 437 g/mol. The van der Waals surface area contributed by atoms with Crippen molar-refractivity contribution in [2.75, 3.05) is 7.11 Å². The number of halogens is 1. The molecule has 1 fully saturated rings. The van der Waals surface area contributed by atoms with Gasteiger partial charge in [-0.3, -0.25) is 14.7 Å². The summed E-state index contributed by atoms with van der Waals surface area (Å²) >= 11 is 9.86. The van der Waals surface area contributed by atoms with Gasteiger partial charge in [0.15, 0.2) is 11.5 Å². The Labute approximate surface area is 162 Å². The van der Waals surface area contributed by atoms with Gasteiger partial charge in [-0.2, -0.15) is 0 Å². The fourth-order valence-electron chi connectivity index (χ4n) is 2.29. The molecule has 0 unspecified atom stereocenters. The van der Waals surface area contributed by atoms with Gasteiger partial charge in [0.25, 0.3) is 5.91 Å². The van der Waals surface area contributed by atoms with Crippen LogP contribution >= 0.6 is 39.9 Å². The van der Waals surface area contributed by atoms with Gasteiger partial charge in [-0.25, -0.2) is 0 Å². The number of hydrogen-bond acceptors (Lipinski definition) is 6. The third kappa shape index (κ3) is 3.86. The van der Waals surface area contributed by atoms with Crippen molar-refractivity contribution in [2.24, 2.45) is 0 Å². The first-order valence-electron chi connectivity index (χ1n) is 7.20. The highest BCUT2D eigenvalue weighted by atomic mass is 79.9. The number of nitrogens with zero attached hydrogens (tertiary/aromatic N) is 2. The Balaban J connectivity index is 1.87. The maximum absolute atomic E-state index is 12.7. The van der Waals surface area contributed by atoms with Gasteiger partial charge in [-0.15, -0.1) is 0 Å². The maximum Gasteiger partial charge on any atom is 0.266 e. The topological polar surface area (TPSA) is 62.7 Å². The molecule has 1 aromatic carbocycles. The summed E-state index contributed by atoms with van der Waals surface area (Å²) in [7, 11) is 1.47. The summed E-state index contributed by atoms with van der Waals surface area (Å²) in [6, 6.07) is 7.10. The lowest BCUT2D eigenvalue weighted by Gasteiger charge is -2.13. The van der Waals surface area contributed by atoms with Gasteiger partial charge in [0, 0.05) is 12.4 Å². The third-order valence-corrected chi connectivity index (χ3v) is 5.49. The zero-order valence-corrected chi connectivity index (χ0v) is 16.3. The molecule has 2 aromatic rings. The molecular formula is C17H13BrN2O3S2. The Kier molecular flexibility index (Phi) is 5.41. The number of benzene rings is 1. The fraction of sp³-hybridized carbons (Fsp3) is 0.118. The number of aromatic hydroxyl groups is 1. The van der Waals surface area contributed by atoms with E-state index in [1.54, 1.807) is 35.5 Å². The molecule has 0 spiro atoms. The minimum atomic E-state index is -0.151. The normalized spacial score (nSPS) is 15.9. The van der Waals surface area contributed by atoms with Crippen molar-refractivity contribution in [2.45, 2.75) is 6.54 Å². The monoisotopic (exact) mass is 436 g/mol. The van der Waals surface area contributed by atoms with Crippen molar-refractivity contribution in [1.82, 2.24) is 9.88 Å². The van der Waals surface area contributed by atoms with E-state index in [1.807, 2.05) is 12.1 Å². The standard InChI is InChI=1S/C17H13BrN2O3S2/c1-23-13-6-11(5-12(18)15(13)21)7-14-16(22)20(17(24)25-14)9-10-3-2-4-19-8-10/h2-8,21H,9H2,1H3/b14-7-. The number of phenols is 1. The average Bonchev–Trinajstić information content (AvgIpc) is 2.86. The fourth-order valence-corrected chi connectivity index (χ4v) is 4.01. The summed E-state index contributed by atoms with van der Waals surface area (Å²) in [5.41, 5.74) is 1.64. The van der Waals surface area contributed by atoms with E-state index in [1.165, 1.54) is 18.9 Å². The van der Waals surface area contributed by atoms with E-state index in [4.69, 9.17) is 17.0 Å². The molecule has 128 valence electrons. The van der Waals surface area contributed by atoms with Crippen LogP contribution in [0.4, 0.5) is 0 Å². The van der Waals surface area contributed by atoms with E-state index in [2.05, 4.69) is 20.9 Å². The van der Waals surface area contributed by atoms with Crippen molar-refractivity contribution in [1.29, 1.82) is 0 Å². The van der Waals surface area contributed by atoms with E-state index >= 15 is 0 Å². The number of methoxy groups -OCH3 is 1. The summed E-state index contributed by atoms with van der Waals surface area (Å²) in [6.45, 7) is 0.387. The van der Waals surface area contributed by atoms with Gasteiger partial charge in [0.1, 0.15) is 4.32 Å². The molecule has 5 nitrogen and oxygen atoms in total. The van der Waals surface area contributed by atoms with Crippen molar-refractivity contribution >= 4 is 56.2 Å². The smallest absolute Gasteiger partial charge is 0.266 e. The maximum atomic E-state index is 12.7. The number of amides is 1. The molecule has 0 saturated carbocycles. The first kappa shape index (κ1) is 17.9. The summed E-state index contributed by atoms with van der Waals surface area (Å²) < 4.78 is 6.13. The third-order valence-electron chi connectivity index (χ3n) is 3.51. The summed E-state index contributed by atoms with van der Waals surface area (Å²) in [4.78, 5) is 18.8. The SMILES string of the molecule is COc1cc(/C=C2\SC(=S)N(Cc3cccnc3)C2=O)cc(Br)c1O. The summed E-state index contributed by atoms with van der Waals surface area (Å²) in [5.74, 6) is 0.192. The Bertz CT molecular complexity index is 872. The molecule has 2 heterocycles. The van der Waals surface area contributed by atoms with Crippen LogP contribution in [0.3, 0.4) is 0 Å². The van der Waals surface area contributed by atoms with Crippen LogP contribution in [-0.2, 0) is 11.3 Å². The molecule has 1 amide bonds. The van der Waals surface area contributed by atoms with Gasteiger partial charge in [-0.1, -0.05) is 30.0 Å². The second-order valence-corrected chi connectivity index (χ2v) is 7.71. The van der Waals surface area contributed by atoms with Crippen LogP contribution in [0.15, 0.2) is 46.0 Å². The van der Waals surface area contributed by atoms with Crippen molar-refractivity contribution in [3.63, 3.8) is 0 Å². The van der Waals surface area contributed by atoms with Gasteiger partial charge in [-0.05, 0) is 51.3 Å². The Hall–Kier alpha value is -1.90. The zero-order chi connectivity index (χ0) is 18.0. The Morgan fingerprint density at radius 3 is 2.96 bits per heavy atom. The zero-order valence-electron chi connectivity index (χ0n) is 13.1. The lowest BCUT2D eigenvalue weighted by Crippen LogP contribution is -2.27. The van der Waals surface area contributed by atoms with Crippen LogP contribution in [0.25, 0.3) is 6.08 Å². The molecule has 25 heavy (non-hydrogen) atoms. The van der Waals surface area contributed by atoms with Gasteiger partial charge in [0.05, 0.1) is 23.0 Å². The number of carbonyl (C=O) groups excluding carboxylic acids is 1. The lowest BCUT2D eigenvalue weighted by molar-refractivity contribution is -0.122. The predicted molar refractivity (Wildman–Crippen MR) is 105 cm³/mol. The van der Waals surface area contributed by atoms with E-state index in [9.17, 15) is 9.90 Å². The molecule has 0 atom stereocenters. The number of carbonyl (C=O) groups is 1. The first-order valence-corrected chi connectivity index (χ1v) is 9.22. The number of aromatic nitrogens is 1. The number of phenolic OH excluding ortho intramolecular Hbond substituents is 1. The molecule has 1 aliphatic rings. The second-order valence-electron chi connectivity index (χ2n) is 5.18. The van der Waals surface area contributed by atoms with E-state index < -0.39 is 0 Å². The summed E-state index contributed by atoms with van der Waals surface area (Å²) in [6.07, 6.45) is 5.13. The molecule has 1 aromatic heterocycles. The van der Waals surface area contributed by atoms with E-state index in [0.717, 1.165) is 11.1 Å². The highest BCUT2D eigenvalue weighted by molar-refractivity contribution is 9.10.